The summed E-state index contributed by atoms with van der Waals surface area (Å²) in [4.78, 5) is 17.3. The molecule has 1 unspecified atom stereocenters. The summed E-state index contributed by atoms with van der Waals surface area (Å²) in [7, 11) is 0. The molecule has 7 nitrogen and oxygen atoms in total. The number of hydrogen-bond donors (Lipinski definition) is 4. The summed E-state index contributed by atoms with van der Waals surface area (Å²) in [5.74, 6) is 0.854. The summed E-state index contributed by atoms with van der Waals surface area (Å²) < 4.78 is 0. The molecule has 5 N–H and O–H groups in total. The number of anilines is 3. The van der Waals surface area contributed by atoms with Crippen LogP contribution in [0.2, 0.25) is 0 Å². The van der Waals surface area contributed by atoms with E-state index in [2.05, 4.69) is 83.0 Å². The maximum Gasteiger partial charge on any atom is 0.198 e. The van der Waals surface area contributed by atoms with Gasteiger partial charge in [-0.3, -0.25) is 9.97 Å². The molecule has 0 bridgehead atoms. The van der Waals surface area contributed by atoms with Crippen molar-refractivity contribution in [2.75, 3.05) is 16.4 Å². The van der Waals surface area contributed by atoms with Crippen molar-refractivity contribution in [1.82, 2.24) is 19.9 Å². The number of nitrogens with zero attached hydrogens (tertiary/aromatic N) is 3. The third kappa shape index (κ3) is 2.87. The van der Waals surface area contributed by atoms with Gasteiger partial charge in [0, 0.05) is 44.7 Å². The number of nitrogens with two attached hydrogens (primary N) is 1. The second-order valence-electron chi connectivity index (χ2n) is 10.4. The molecule has 4 heterocycles. The van der Waals surface area contributed by atoms with Gasteiger partial charge in [-0.25, -0.2) is 4.98 Å². The molecule has 8 rings (SSSR count). The van der Waals surface area contributed by atoms with Gasteiger partial charge in [0.05, 0.1) is 34.1 Å². The smallest absolute Gasteiger partial charge is 0.198 e. The van der Waals surface area contributed by atoms with E-state index in [0.29, 0.717) is 11.9 Å². The lowest BCUT2D eigenvalue weighted by Crippen LogP contribution is -2.28. The SMILES string of the molecule is CC(C)C1Nc2c(c3cccnc3c3cc(-c4ccc5c(c4)c4ncccc4c4nc(N)[nH]c54)ccc23)N1. The lowest BCUT2D eigenvalue weighted by molar-refractivity contribution is 0.582. The Hall–Kier alpha value is -4.91. The minimum absolute atomic E-state index is 0.188. The number of benzene rings is 4. The van der Waals surface area contributed by atoms with E-state index in [-0.39, 0.29) is 6.17 Å². The van der Waals surface area contributed by atoms with Gasteiger partial charge in [0.25, 0.3) is 0 Å². The first-order valence-electron chi connectivity index (χ1n) is 12.9. The first kappa shape index (κ1) is 21.2. The van der Waals surface area contributed by atoms with Gasteiger partial charge in [0.15, 0.2) is 5.95 Å². The molecule has 38 heavy (non-hydrogen) atoms. The fraction of sp³-hybridized carbons (Fsp3) is 0.129. The monoisotopic (exact) mass is 495 g/mol. The highest BCUT2D eigenvalue weighted by molar-refractivity contribution is 6.23. The number of aromatic nitrogens is 4. The Morgan fingerprint density at radius 3 is 2.00 bits per heavy atom. The molecule has 0 spiro atoms. The Bertz CT molecular complexity index is 2090. The lowest BCUT2D eigenvalue weighted by atomic mass is 9.95. The molecule has 3 aromatic heterocycles. The molecule has 0 radical (unpaired) electrons. The molecule has 1 atom stereocenters. The Morgan fingerprint density at radius 2 is 1.29 bits per heavy atom. The van der Waals surface area contributed by atoms with Crippen LogP contribution in [0.15, 0.2) is 73.1 Å². The van der Waals surface area contributed by atoms with Crippen LogP contribution in [-0.4, -0.2) is 26.1 Å². The van der Waals surface area contributed by atoms with Crippen LogP contribution in [-0.2, 0) is 0 Å². The van der Waals surface area contributed by atoms with E-state index < -0.39 is 0 Å². The van der Waals surface area contributed by atoms with Crippen molar-refractivity contribution in [1.29, 1.82) is 0 Å². The second-order valence-corrected chi connectivity index (χ2v) is 10.4. The van der Waals surface area contributed by atoms with Crippen LogP contribution in [0, 0.1) is 5.92 Å². The molecule has 0 saturated heterocycles. The summed E-state index contributed by atoms with van der Waals surface area (Å²) in [6, 6.07) is 21.4. The zero-order valence-corrected chi connectivity index (χ0v) is 21.0. The average Bonchev–Trinajstić information content (AvgIpc) is 3.58. The molecule has 1 aliphatic heterocycles. The van der Waals surface area contributed by atoms with Crippen LogP contribution < -0.4 is 16.4 Å². The van der Waals surface area contributed by atoms with Gasteiger partial charge in [-0.2, -0.15) is 0 Å². The standard InChI is InChI=1S/C31H25N7/c1-15(2)30-35-26-18-9-7-16(13-22(18)24-20(28(26)36-30)5-3-11-33-24)17-8-10-19-23(14-17)25-21(6-4-12-34-25)29-27(19)37-31(32)38-29/h3-15,30,35-36H,1-2H3,(H3,32,37,38). The molecule has 7 aromatic rings. The van der Waals surface area contributed by atoms with E-state index in [4.69, 9.17) is 15.7 Å². The largest absolute Gasteiger partial charge is 0.369 e. The van der Waals surface area contributed by atoms with E-state index in [0.717, 1.165) is 71.5 Å². The Morgan fingerprint density at radius 1 is 0.684 bits per heavy atom. The number of imidazole rings is 1. The number of fused-ring (bicyclic) bond motifs is 12. The molecule has 7 heteroatoms. The van der Waals surface area contributed by atoms with Crippen molar-refractivity contribution in [2.24, 2.45) is 5.92 Å². The van der Waals surface area contributed by atoms with E-state index in [1.165, 1.54) is 5.39 Å². The fourth-order valence-corrected chi connectivity index (χ4v) is 5.94. The van der Waals surface area contributed by atoms with Crippen molar-refractivity contribution in [3.63, 3.8) is 0 Å². The zero-order valence-electron chi connectivity index (χ0n) is 21.0. The maximum absolute atomic E-state index is 6.05. The van der Waals surface area contributed by atoms with Crippen LogP contribution in [0.5, 0.6) is 0 Å². The van der Waals surface area contributed by atoms with Crippen LogP contribution >= 0.6 is 0 Å². The van der Waals surface area contributed by atoms with Gasteiger partial charge in [-0.1, -0.05) is 38.1 Å². The van der Waals surface area contributed by atoms with Gasteiger partial charge in [0.1, 0.15) is 5.52 Å². The molecular weight excluding hydrogens is 470 g/mol. The third-order valence-corrected chi connectivity index (χ3v) is 7.80. The highest BCUT2D eigenvalue weighted by atomic mass is 15.2. The summed E-state index contributed by atoms with van der Waals surface area (Å²) >= 11 is 0. The molecule has 0 saturated carbocycles. The summed E-state index contributed by atoms with van der Waals surface area (Å²) in [6.45, 7) is 4.45. The minimum atomic E-state index is 0.188. The number of H-pyrrole nitrogens is 1. The highest BCUT2D eigenvalue weighted by Crippen LogP contribution is 2.45. The predicted octanol–water partition coefficient (Wildman–Crippen LogP) is 7.03. The van der Waals surface area contributed by atoms with Crippen LogP contribution in [0.1, 0.15) is 13.8 Å². The van der Waals surface area contributed by atoms with E-state index in [9.17, 15) is 0 Å². The van der Waals surface area contributed by atoms with Gasteiger partial charge in [0.2, 0.25) is 0 Å². The number of pyridine rings is 2. The van der Waals surface area contributed by atoms with Gasteiger partial charge in [-0.05, 0) is 53.4 Å². The molecule has 4 aromatic carbocycles. The number of nitrogens with one attached hydrogen (secondary N) is 3. The Balaban J connectivity index is 1.38. The normalized spacial score (nSPS) is 15.1. The number of nitrogen functional groups attached to an aromatic ring is 1. The van der Waals surface area contributed by atoms with Gasteiger partial charge >= 0.3 is 0 Å². The quantitative estimate of drug-likeness (QED) is 0.192. The van der Waals surface area contributed by atoms with Crippen LogP contribution in [0.4, 0.5) is 17.3 Å². The molecule has 0 amide bonds. The second kappa shape index (κ2) is 7.55. The van der Waals surface area contributed by atoms with Crippen molar-refractivity contribution in [3.8, 4) is 11.1 Å². The van der Waals surface area contributed by atoms with Crippen LogP contribution in [0.3, 0.4) is 0 Å². The minimum Gasteiger partial charge on any atom is -0.369 e. The Labute approximate surface area is 218 Å². The average molecular weight is 496 g/mol. The van der Waals surface area contributed by atoms with Crippen molar-refractivity contribution in [2.45, 2.75) is 20.0 Å². The zero-order chi connectivity index (χ0) is 25.5. The molecule has 1 aliphatic rings. The first-order chi connectivity index (χ1) is 18.6. The first-order valence-corrected chi connectivity index (χ1v) is 12.9. The van der Waals surface area contributed by atoms with Crippen LogP contribution in [0.25, 0.3) is 65.5 Å². The fourth-order valence-electron chi connectivity index (χ4n) is 5.94. The van der Waals surface area contributed by atoms with Crippen molar-refractivity contribution >= 4 is 71.7 Å². The summed E-state index contributed by atoms with van der Waals surface area (Å²) in [5, 5.41) is 14.0. The van der Waals surface area contributed by atoms with E-state index >= 15 is 0 Å². The number of aromatic amines is 1. The van der Waals surface area contributed by atoms with Gasteiger partial charge < -0.3 is 21.4 Å². The highest BCUT2D eigenvalue weighted by Gasteiger charge is 2.27. The number of hydrogen-bond acceptors (Lipinski definition) is 6. The van der Waals surface area contributed by atoms with Gasteiger partial charge in [-0.15, -0.1) is 0 Å². The molecule has 0 fully saturated rings. The Kier molecular flexibility index (Phi) is 4.21. The van der Waals surface area contributed by atoms with E-state index in [1.807, 2.05) is 24.5 Å². The predicted molar refractivity (Wildman–Crippen MR) is 157 cm³/mol. The third-order valence-electron chi connectivity index (χ3n) is 7.80. The maximum atomic E-state index is 6.05. The number of rotatable bonds is 2. The summed E-state index contributed by atoms with van der Waals surface area (Å²) in [5.41, 5.74) is 14.3. The molecule has 0 aliphatic carbocycles. The lowest BCUT2D eigenvalue weighted by Gasteiger charge is -2.16. The van der Waals surface area contributed by atoms with Crippen molar-refractivity contribution < 1.29 is 0 Å². The molecule has 184 valence electrons. The molecular formula is C31H25N7. The van der Waals surface area contributed by atoms with E-state index in [1.54, 1.807) is 0 Å². The summed E-state index contributed by atoms with van der Waals surface area (Å²) in [6.07, 6.45) is 3.89. The van der Waals surface area contributed by atoms with Crippen molar-refractivity contribution in [3.05, 3.63) is 73.1 Å². The topological polar surface area (TPSA) is 105 Å².